The van der Waals surface area contributed by atoms with Crippen LogP contribution in [0.25, 0.3) is 5.76 Å². The van der Waals surface area contributed by atoms with Crippen LogP contribution >= 0.6 is 23.2 Å². The van der Waals surface area contributed by atoms with Gasteiger partial charge in [0.25, 0.3) is 11.7 Å². The molecule has 1 unspecified atom stereocenters. The van der Waals surface area contributed by atoms with Gasteiger partial charge in [0, 0.05) is 24.5 Å². The Bertz CT molecular complexity index is 1000. The number of hydrogen-bond donors (Lipinski definition) is 1. The second-order valence-electron chi connectivity index (χ2n) is 7.41. The van der Waals surface area contributed by atoms with Gasteiger partial charge in [0.05, 0.1) is 28.8 Å². The quantitative estimate of drug-likeness (QED) is 0.382. The minimum atomic E-state index is -0.768. The van der Waals surface area contributed by atoms with E-state index in [1.807, 2.05) is 19.0 Å². The predicted octanol–water partition coefficient (Wildman–Crippen LogP) is 3.77. The molecule has 7 nitrogen and oxygen atoms in total. The first-order valence-corrected chi connectivity index (χ1v) is 10.4. The molecular formula is C22H23Cl2N3O4. The number of rotatable bonds is 7. The zero-order valence-electron chi connectivity index (χ0n) is 17.4. The minimum Gasteiger partial charge on any atom is -0.507 e. The highest BCUT2D eigenvalue weighted by Crippen LogP contribution is 2.41. The zero-order chi connectivity index (χ0) is 22.7. The van der Waals surface area contributed by atoms with Gasteiger partial charge in [-0.05, 0) is 50.8 Å². The molecule has 0 spiro atoms. The minimum absolute atomic E-state index is 0.0276. The van der Waals surface area contributed by atoms with Crippen molar-refractivity contribution in [3.8, 4) is 5.75 Å². The lowest BCUT2D eigenvalue weighted by molar-refractivity contribution is -0.139. The molecule has 1 N–H and O–H groups in total. The van der Waals surface area contributed by atoms with Crippen molar-refractivity contribution >= 4 is 40.7 Å². The van der Waals surface area contributed by atoms with Gasteiger partial charge in [-0.25, -0.2) is 0 Å². The van der Waals surface area contributed by atoms with Crippen molar-refractivity contribution in [1.29, 1.82) is 0 Å². The number of ether oxygens (including phenoxy) is 1. The molecule has 0 aliphatic carbocycles. The fourth-order valence-corrected chi connectivity index (χ4v) is 4.24. The van der Waals surface area contributed by atoms with Crippen LogP contribution in [0.3, 0.4) is 0 Å². The second-order valence-corrected chi connectivity index (χ2v) is 8.22. The van der Waals surface area contributed by atoms with Gasteiger partial charge in [0.1, 0.15) is 5.76 Å². The highest BCUT2D eigenvalue weighted by atomic mass is 35.5. The molecule has 0 radical (unpaired) electrons. The SMILES string of the molecule is COc1c(Cl)cc(/C(O)=C2\C(=O)C(=O)N(CCCN(C)C)C2c2cccnc2)cc1Cl. The normalized spacial score (nSPS) is 18.1. The lowest BCUT2D eigenvalue weighted by atomic mass is 9.96. The summed E-state index contributed by atoms with van der Waals surface area (Å²) in [6, 6.07) is 5.61. The van der Waals surface area contributed by atoms with Crippen LogP contribution in [0.4, 0.5) is 0 Å². The standard InChI is InChI=1S/C22H23Cl2N3O4/c1-26(2)8-5-9-27-18(13-6-4-7-25-12-13)17(20(29)22(27)30)19(28)14-10-15(23)21(31-3)16(24)11-14/h4,6-7,10-12,18,28H,5,8-9H2,1-3H3/b19-17+. The van der Waals surface area contributed by atoms with E-state index >= 15 is 0 Å². The molecule has 1 aliphatic heterocycles. The van der Waals surface area contributed by atoms with E-state index < -0.39 is 17.7 Å². The van der Waals surface area contributed by atoms with Crippen LogP contribution in [-0.4, -0.2) is 65.9 Å². The Balaban J connectivity index is 2.12. The molecule has 1 atom stereocenters. The Morgan fingerprint density at radius 1 is 1.26 bits per heavy atom. The molecule has 1 aromatic carbocycles. The fraction of sp³-hybridized carbons (Fsp3) is 0.318. The molecule has 31 heavy (non-hydrogen) atoms. The smallest absolute Gasteiger partial charge is 0.295 e. The number of pyridine rings is 1. The Hall–Kier alpha value is -2.61. The maximum absolute atomic E-state index is 13.0. The maximum Gasteiger partial charge on any atom is 0.295 e. The summed E-state index contributed by atoms with van der Waals surface area (Å²) in [5.41, 5.74) is 0.815. The van der Waals surface area contributed by atoms with E-state index in [9.17, 15) is 14.7 Å². The number of carbonyl (C=O) groups excluding carboxylic acids is 2. The summed E-state index contributed by atoms with van der Waals surface area (Å²) < 4.78 is 5.14. The third-order valence-electron chi connectivity index (χ3n) is 5.02. The topological polar surface area (TPSA) is 83.0 Å². The molecule has 9 heteroatoms. The van der Waals surface area contributed by atoms with E-state index in [0.29, 0.717) is 18.5 Å². The lowest BCUT2D eigenvalue weighted by Crippen LogP contribution is -2.32. The molecule has 1 saturated heterocycles. The Labute approximate surface area is 190 Å². The number of benzene rings is 1. The molecule has 1 aromatic heterocycles. The first kappa shape index (κ1) is 23.1. The van der Waals surface area contributed by atoms with Gasteiger partial charge < -0.3 is 19.6 Å². The average Bonchev–Trinajstić information content (AvgIpc) is 2.98. The van der Waals surface area contributed by atoms with E-state index in [0.717, 1.165) is 6.54 Å². The largest absolute Gasteiger partial charge is 0.507 e. The maximum atomic E-state index is 13.0. The van der Waals surface area contributed by atoms with Crippen molar-refractivity contribution in [2.45, 2.75) is 12.5 Å². The number of amides is 1. The summed E-state index contributed by atoms with van der Waals surface area (Å²) in [5, 5.41) is 11.4. The predicted molar refractivity (Wildman–Crippen MR) is 119 cm³/mol. The molecule has 0 bridgehead atoms. The number of aliphatic hydroxyl groups excluding tert-OH is 1. The number of ketones is 1. The van der Waals surface area contributed by atoms with Crippen LogP contribution in [0.5, 0.6) is 5.75 Å². The number of aromatic nitrogens is 1. The van der Waals surface area contributed by atoms with Crippen molar-refractivity contribution in [3.05, 3.63) is 63.4 Å². The monoisotopic (exact) mass is 463 g/mol. The van der Waals surface area contributed by atoms with E-state index in [4.69, 9.17) is 27.9 Å². The van der Waals surface area contributed by atoms with Crippen molar-refractivity contribution in [1.82, 2.24) is 14.8 Å². The van der Waals surface area contributed by atoms with Crippen LogP contribution in [0.1, 0.15) is 23.6 Å². The van der Waals surface area contributed by atoms with Crippen molar-refractivity contribution in [2.75, 3.05) is 34.3 Å². The number of hydrogen-bond acceptors (Lipinski definition) is 6. The third kappa shape index (κ3) is 4.69. The van der Waals surface area contributed by atoms with Gasteiger partial charge in [0.15, 0.2) is 5.75 Å². The summed E-state index contributed by atoms with van der Waals surface area (Å²) >= 11 is 12.4. The highest BCUT2D eigenvalue weighted by molar-refractivity contribution is 6.46. The van der Waals surface area contributed by atoms with Gasteiger partial charge in [-0.1, -0.05) is 29.3 Å². The van der Waals surface area contributed by atoms with Crippen molar-refractivity contribution in [2.24, 2.45) is 0 Å². The number of Topliss-reactive ketones (excluding diaryl/α,β-unsaturated/α-hetero) is 1. The summed E-state index contributed by atoms with van der Waals surface area (Å²) in [6.07, 6.45) is 3.85. The number of nitrogens with zero attached hydrogens (tertiary/aromatic N) is 3. The summed E-state index contributed by atoms with van der Waals surface area (Å²) in [7, 11) is 5.29. The molecule has 164 valence electrons. The molecule has 2 heterocycles. The fourth-order valence-electron chi connectivity index (χ4n) is 3.60. The molecule has 1 amide bonds. The average molecular weight is 464 g/mol. The van der Waals surface area contributed by atoms with Crippen LogP contribution in [0.15, 0.2) is 42.2 Å². The molecule has 1 aliphatic rings. The van der Waals surface area contributed by atoms with Gasteiger partial charge in [-0.15, -0.1) is 0 Å². The van der Waals surface area contributed by atoms with Gasteiger partial charge in [0.2, 0.25) is 0 Å². The molecule has 0 saturated carbocycles. The molecular weight excluding hydrogens is 441 g/mol. The van der Waals surface area contributed by atoms with Crippen molar-refractivity contribution < 1.29 is 19.4 Å². The van der Waals surface area contributed by atoms with Gasteiger partial charge in [-0.2, -0.15) is 0 Å². The number of aliphatic hydroxyl groups is 1. The summed E-state index contributed by atoms with van der Waals surface area (Å²) in [4.78, 5) is 33.4. The summed E-state index contributed by atoms with van der Waals surface area (Å²) in [6.45, 7) is 1.09. The van der Waals surface area contributed by atoms with Crippen LogP contribution in [-0.2, 0) is 9.59 Å². The van der Waals surface area contributed by atoms with Crippen LogP contribution < -0.4 is 4.74 Å². The lowest BCUT2D eigenvalue weighted by Gasteiger charge is -2.25. The summed E-state index contributed by atoms with van der Waals surface area (Å²) in [5.74, 6) is -1.53. The van der Waals surface area contributed by atoms with Crippen LogP contribution in [0.2, 0.25) is 10.0 Å². The second kappa shape index (κ2) is 9.68. The highest BCUT2D eigenvalue weighted by Gasteiger charge is 2.46. The zero-order valence-corrected chi connectivity index (χ0v) is 18.9. The Morgan fingerprint density at radius 2 is 1.94 bits per heavy atom. The molecule has 2 aromatic rings. The van der Waals surface area contributed by atoms with Gasteiger partial charge >= 0.3 is 0 Å². The first-order valence-electron chi connectivity index (χ1n) is 9.62. The Morgan fingerprint density at radius 3 is 2.48 bits per heavy atom. The third-order valence-corrected chi connectivity index (χ3v) is 5.58. The van der Waals surface area contributed by atoms with Gasteiger partial charge in [-0.3, -0.25) is 14.6 Å². The van der Waals surface area contributed by atoms with Crippen molar-refractivity contribution in [3.63, 3.8) is 0 Å². The van der Waals surface area contributed by atoms with E-state index in [-0.39, 0.29) is 32.7 Å². The molecule has 3 rings (SSSR count). The van der Waals surface area contributed by atoms with E-state index in [1.165, 1.54) is 24.1 Å². The number of carbonyl (C=O) groups is 2. The van der Waals surface area contributed by atoms with Crippen LogP contribution in [0, 0.1) is 0 Å². The van der Waals surface area contributed by atoms with E-state index in [2.05, 4.69) is 4.98 Å². The number of methoxy groups -OCH3 is 1. The number of halogens is 2. The van der Waals surface area contributed by atoms with E-state index in [1.54, 1.807) is 24.5 Å². The molecule has 1 fully saturated rings. The number of likely N-dealkylation sites (tertiary alicyclic amines) is 1. The first-order chi connectivity index (χ1) is 14.8. The Kier molecular flexibility index (Phi) is 7.20.